The highest BCUT2D eigenvalue weighted by Gasteiger charge is 2.69. The van der Waals surface area contributed by atoms with Crippen LogP contribution in [0.5, 0.6) is 5.75 Å². The first-order chi connectivity index (χ1) is 14.5. The van der Waals surface area contributed by atoms with Crippen LogP contribution in [0.15, 0.2) is 60.8 Å². The Balaban J connectivity index is 1.51. The summed E-state index contributed by atoms with van der Waals surface area (Å²) < 4.78 is 6.07. The highest BCUT2D eigenvalue weighted by molar-refractivity contribution is 5.93. The number of fused-ring (bicyclic) bond motifs is 7. The lowest BCUT2D eigenvalue weighted by Crippen LogP contribution is -2.46. The Morgan fingerprint density at radius 2 is 1.77 bits per heavy atom. The summed E-state index contributed by atoms with van der Waals surface area (Å²) in [5.74, 6) is 0.438. The number of rotatable bonds is 2. The molecule has 0 spiro atoms. The topological polar surface area (TPSA) is 65.0 Å². The summed E-state index contributed by atoms with van der Waals surface area (Å²) >= 11 is 0. The summed E-state index contributed by atoms with van der Waals surface area (Å²) in [5, 5.41) is 0.946. The molecule has 0 amide bonds. The molecule has 6 rings (SSSR count). The Morgan fingerprint density at radius 3 is 2.60 bits per heavy atom. The minimum absolute atomic E-state index is 0.197. The quantitative estimate of drug-likeness (QED) is 0.355. The number of carbonyl (C=O) groups excluding carboxylic acids is 1. The fraction of sp³-hybridized carbons (Fsp3) is 0.280. The molecule has 0 saturated heterocycles. The number of esters is 1. The largest absolute Gasteiger partial charge is 0.423 e. The second kappa shape index (κ2) is 5.85. The molecule has 4 aromatic rings. The minimum Gasteiger partial charge on any atom is -0.423 e. The number of aromatic nitrogens is 3. The Kier molecular flexibility index (Phi) is 3.41. The summed E-state index contributed by atoms with van der Waals surface area (Å²) in [6, 6.07) is 17.4. The molecule has 2 aliphatic carbocycles. The molecule has 5 heteroatoms. The monoisotopic (exact) mass is 395 g/mol. The number of hydrogen-bond donors (Lipinski definition) is 0. The van der Waals surface area contributed by atoms with E-state index in [1.54, 1.807) is 6.20 Å². The predicted molar refractivity (Wildman–Crippen MR) is 114 cm³/mol. The van der Waals surface area contributed by atoms with Crippen molar-refractivity contribution in [2.75, 3.05) is 0 Å². The van der Waals surface area contributed by atoms with E-state index in [0.717, 1.165) is 40.6 Å². The number of carbonyl (C=O) groups is 1. The highest BCUT2D eigenvalue weighted by Crippen LogP contribution is 2.67. The second-order valence-electron chi connectivity index (χ2n) is 8.89. The molecule has 0 radical (unpaired) electrons. The minimum atomic E-state index is -0.805. The molecule has 1 saturated carbocycles. The van der Waals surface area contributed by atoms with Crippen molar-refractivity contribution in [3.05, 3.63) is 72.2 Å². The van der Waals surface area contributed by atoms with Gasteiger partial charge in [0.15, 0.2) is 5.75 Å². The molecule has 2 bridgehead atoms. The van der Waals surface area contributed by atoms with Gasteiger partial charge in [-0.3, -0.25) is 9.78 Å². The fourth-order valence-electron chi connectivity index (χ4n) is 5.62. The van der Waals surface area contributed by atoms with Crippen molar-refractivity contribution in [3.8, 4) is 5.75 Å². The van der Waals surface area contributed by atoms with Gasteiger partial charge < -0.3 is 4.74 Å². The SMILES string of the molecule is CC1(C)C2CCC1(C(=O)Oc1cccc3cccnc13)c1nc3ccccc3nc12. The van der Waals surface area contributed by atoms with Crippen LogP contribution in [0.4, 0.5) is 0 Å². The first-order valence-corrected chi connectivity index (χ1v) is 10.4. The second-order valence-corrected chi connectivity index (χ2v) is 8.89. The molecular formula is C25H21N3O2. The predicted octanol–water partition coefficient (Wildman–Crippen LogP) is 4.94. The molecule has 2 atom stereocenters. The highest BCUT2D eigenvalue weighted by atomic mass is 16.5. The fourth-order valence-corrected chi connectivity index (χ4v) is 5.62. The number of benzene rings is 2. The van der Waals surface area contributed by atoms with Crippen molar-refractivity contribution in [1.82, 2.24) is 15.0 Å². The molecule has 30 heavy (non-hydrogen) atoms. The summed E-state index contributed by atoms with van der Waals surface area (Å²) in [6.45, 7) is 4.31. The summed E-state index contributed by atoms with van der Waals surface area (Å²) in [5.41, 5.74) is 3.02. The lowest BCUT2D eigenvalue weighted by molar-refractivity contribution is -0.144. The van der Waals surface area contributed by atoms with Gasteiger partial charge in [0.2, 0.25) is 0 Å². The Hall–Kier alpha value is -3.34. The van der Waals surface area contributed by atoms with E-state index in [-0.39, 0.29) is 17.3 Å². The average molecular weight is 395 g/mol. The van der Waals surface area contributed by atoms with Crippen LogP contribution in [0.2, 0.25) is 0 Å². The Labute approximate surface area is 174 Å². The van der Waals surface area contributed by atoms with E-state index in [2.05, 4.69) is 18.8 Å². The van der Waals surface area contributed by atoms with Crippen LogP contribution in [0.1, 0.15) is 44.0 Å². The summed E-state index contributed by atoms with van der Waals surface area (Å²) in [4.78, 5) is 28.2. The molecule has 2 aromatic heterocycles. The number of ether oxygens (including phenoxy) is 1. The zero-order valence-electron chi connectivity index (χ0n) is 16.9. The number of pyridine rings is 1. The Morgan fingerprint density at radius 1 is 1.00 bits per heavy atom. The number of para-hydroxylation sites is 3. The van der Waals surface area contributed by atoms with Gasteiger partial charge in [-0.2, -0.15) is 0 Å². The van der Waals surface area contributed by atoms with Gasteiger partial charge >= 0.3 is 5.97 Å². The molecule has 148 valence electrons. The normalized spacial score (nSPS) is 23.6. The molecular weight excluding hydrogens is 374 g/mol. The first kappa shape index (κ1) is 17.5. The third-order valence-corrected chi connectivity index (χ3v) is 7.26. The van der Waals surface area contributed by atoms with Gasteiger partial charge in [0.1, 0.15) is 10.9 Å². The average Bonchev–Trinajstić information content (AvgIpc) is 3.14. The zero-order chi connectivity index (χ0) is 20.5. The third kappa shape index (κ3) is 2.07. The van der Waals surface area contributed by atoms with Crippen LogP contribution in [-0.4, -0.2) is 20.9 Å². The summed E-state index contributed by atoms with van der Waals surface area (Å²) in [6.07, 6.45) is 3.35. The van der Waals surface area contributed by atoms with E-state index < -0.39 is 5.41 Å². The smallest absolute Gasteiger partial charge is 0.324 e. The van der Waals surface area contributed by atoms with Crippen LogP contribution in [0.3, 0.4) is 0 Å². The maximum absolute atomic E-state index is 13.8. The van der Waals surface area contributed by atoms with E-state index in [4.69, 9.17) is 14.7 Å². The van der Waals surface area contributed by atoms with Gasteiger partial charge in [-0.15, -0.1) is 0 Å². The maximum Gasteiger partial charge on any atom is 0.324 e. The van der Waals surface area contributed by atoms with Crippen LogP contribution in [-0.2, 0) is 10.2 Å². The standard InChI is InChI=1S/C25H21N3O2/c1-24(2)16-12-13-25(24,22-21(16)27-17-9-3-4-10-18(17)28-22)23(29)30-19-11-5-7-15-8-6-14-26-20(15)19/h3-11,14,16H,12-13H2,1-2H3. The molecule has 1 fully saturated rings. The van der Waals surface area contributed by atoms with Crippen LogP contribution in [0.25, 0.3) is 21.9 Å². The van der Waals surface area contributed by atoms with Crippen molar-refractivity contribution in [3.63, 3.8) is 0 Å². The maximum atomic E-state index is 13.8. The van der Waals surface area contributed by atoms with Crippen molar-refractivity contribution >= 4 is 27.9 Å². The van der Waals surface area contributed by atoms with Crippen LogP contribution < -0.4 is 4.74 Å². The van der Waals surface area contributed by atoms with E-state index in [1.807, 2.05) is 54.6 Å². The zero-order valence-corrected chi connectivity index (χ0v) is 16.9. The van der Waals surface area contributed by atoms with Gasteiger partial charge in [0, 0.05) is 17.5 Å². The van der Waals surface area contributed by atoms with Crippen molar-refractivity contribution in [2.45, 2.75) is 38.0 Å². The number of nitrogens with zero attached hydrogens (tertiary/aromatic N) is 3. The van der Waals surface area contributed by atoms with Gasteiger partial charge in [0.05, 0.1) is 22.4 Å². The van der Waals surface area contributed by atoms with Crippen molar-refractivity contribution in [1.29, 1.82) is 0 Å². The lowest BCUT2D eigenvalue weighted by atomic mass is 9.68. The molecule has 5 nitrogen and oxygen atoms in total. The molecule has 0 N–H and O–H groups in total. The van der Waals surface area contributed by atoms with Gasteiger partial charge in [-0.1, -0.05) is 44.2 Å². The lowest BCUT2D eigenvalue weighted by Gasteiger charge is -2.35. The van der Waals surface area contributed by atoms with Gasteiger partial charge in [0.25, 0.3) is 0 Å². The van der Waals surface area contributed by atoms with Gasteiger partial charge in [-0.25, -0.2) is 9.97 Å². The Bertz CT molecular complexity index is 1340. The molecule has 2 unspecified atom stereocenters. The van der Waals surface area contributed by atoms with E-state index in [9.17, 15) is 4.79 Å². The van der Waals surface area contributed by atoms with Crippen molar-refractivity contribution < 1.29 is 9.53 Å². The number of hydrogen-bond acceptors (Lipinski definition) is 5. The van der Waals surface area contributed by atoms with Crippen LogP contribution >= 0.6 is 0 Å². The molecule has 2 aliphatic rings. The first-order valence-electron chi connectivity index (χ1n) is 10.4. The summed E-state index contributed by atoms with van der Waals surface area (Å²) in [7, 11) is 0. The molecule has 2 aromatic carbocycles. The van der Waals surface area contributed by atoms with Gasteiger partial charge in [-0.05, 0) is 42.5 Å². The molecule has 2 heterocycles. The third-order valence-electron chi connectivity index (χ3n) is 7.26. The van der Waals surface area contributed by atoms with E-state index >= 15 is 0 Å². The van der Waals surface area contributed by atoms with Crippen LogP contribution in [0, 0.1) is 5.41 Å². The van der Waals surface area contributed by atoms with E-state index in [1.165, 1.54) is 0 Å². The van der Waals surface area contributed by atoms with E-state index in [0.29, 0.717) is 11.3 Å². The van der Waals surface area contributed by atoms with Crippen molar-refractivity contribution in [2.24, 2.45) is 5.41 Å². The molecule has 0 aliphatic heterocycles.